The number of carbonyl (C=O) groups excluding carboxylic acids is 1. The van der Waals surface area contributed by atoms with Crippen molar-refractivity contribution in [1.29, 1.82) is 0 Å². The zero-order chi connectivity index (χ0) is 18.8. The Morgan fingerprint density at radius 2 is 1.58 bits per heavy atom. The summed E-state index contributed by atoms with van der Waals surface area (Å²) in [6, 6.07) is 0. The van der Waals surface area contributed by atoms with Crippen molar-refractivity contribution < 1.29 is 22.8 Å². The van der Waals surface area contributed by atoms with Gasteiger partial charge in [-0.2, -0.15) is 0 Å². The van der Waals surface area contributed by atoms with Crippen molar-refractivity contribution >= 4 is 30.9 Å². The summed E-state index contributed by atoms with van der Waals surface area (Å²) in [5.74, 6) is -0.341. The second-order valence-corrected chi connectivity index (χ2v) is 22.6. The highest BCUT2D eigenvalue weighted by Crippen LogP contribution is 2.27. The minimum absolute atomic E-state index is 0.255. The summed E-state index contributed by atoms with van der Waals surface area (Å²) in [6.45, 7) is 19.4. The van der Waals surface area contributed by atoms with Crippen LogP contribution in [0.1, 0.15) is 6.42 Å². The van der Waals surface area contributed by atoms with Crippen LogP contribution in [0.2, 0.25) is 58.9 Å². The number of ether oxygens (including phenoxy) is 1. The molecule has 8 heteroatoms. The van der Waals surface area contributed by atoms with Gasteiger partial charge in [0.15, 0.2) is 16.6 Å². The number of rotatable bonds is 7. The Kier molecular flexibility index (Phi) is 7.08. The summed E-state index contributed by atoms with van der Waals surface area (Å²) in [4.78, 5) is 12.5. The first-order valence-corrected chi connectivity index (χ1v) is 18.8. The van der Waals surface area contributed by atoms with Crippen molar-refractivity contribution in [1.82, 2.24) is 0 Å². The molecule has 24 heavy (non-hydrogen) atoms. The first-order chi connectivity index (χ1) is 10.7. The Hall–Kier alpha value is -0.419. The number of hydrogen-bond acceptors (Lipinski definition) is 5. The summed E-state index contributed by atoms with van der Waals surface area (Å²) < 4.78 is 23.6. The molecule has 1 rings (SSSR count). The molecule has 1 aliphatic heterocycles. The summed E-state index contributed by atoms with van der Waals surface area (Å²) in [5, 5.41) is 0. The Labute approximate surface area is 150 Å². The molecular formula is C16H34O5Si3. The minimum Gasteiger partial charge on any atom is -0.549 e. The van der Waals surface area contributed by atoms with Gasteiger partial charge in [0.1, 0.15) is 6.10 Å². The van der Waals surface area contributed by atoms with E-state index >= 15 is 0 Å². The zero-order valence-corrected chi connectivity index (χ0v) is 19.7. The van der Waals surface area contributed by atoms with Gasteiger partial charge in [-0.25, -0.2) is 4.79 Å². The molecule has 0 spiro atoms. The van der Waals surface area contributed by atoms with E-state index in [0.29, 0.717) is 18.6 Å². The lowest BCUT2D eigenvalue weighted by Crippen LogP contribution is -2.45. The van der Waals surface area contributed by atoms with Gasteiger partial charge in [-0.05, 0) is 58.9 Å². The van der Waals surface area contributed by atoms with Gasteiger partial charge in [0.05, 0.1) is 24.5 Å². The monoisotopic (exact) mass is 390 g/mol. The molecule has 0 aromatic heterocycles. The Morgan fingerprint density at radius 3 is 2.04 bits per heavy atom. The molecule has 0 aromatic carbocycles. The Balaban J connectivity index is 2.90. The van der Waals surface area contributed by atoms with Crippen LogP contribution >= 0.6 is 0 Å². The average Bonchev–Trinajstić information content (AvgIpc) is 2.31. The molecule has 0 unspecified atom stereocenters. The summed E-state index contributed by atoms with van der Waals surface area (Å²) in [7, 11) is -5.21. The second-order valence-electron chi connectivity index (χ2n) is 9.21. The lowest BCUT2D eigenvalue weighted by Gasteiger charge is -2.35. The van der Waals surface area contributed by atoms with Crippen molar-refractivity contribution in [3.8, 4) is 0 Å². The molecule has 0 bridgehead atoms. The molecule has 5 nitrogen and oxygen atoms in total. The maximum Gasteiger partial charge on any atom is 0.340 e. The third kappa shape index (κ3) is 8.61. The summed E-state index contributed by atoms with van der Waals surface area (Å²) in [5.41, 5.74) is 0.504. The van der Waals surface area contributed by atoms with Crippen LogP contribution in [-0.2, 0) is 22.8 Å². The van der Waals surface area contributed by atoms with Gasteiger partial charge in [0.2, 0.25) is 8.32 Å². The third-order valence-corrected chi connectivity index (χ3v) is 5.92. The van der Waals surface area contributed by atoms with Crippen molar-refractivity contribution in [2.24, 2.45) is 0 Å². The van der Waals surface area contributed by atoms with Crippen LogP contribution in [0.25, 0.3) is 0 Å². The Bertz CT molecular complexity index is 472. The number of carbonyl (C=O) groups is 1. The average molecular weight is 391 g/mol. The van der Waals surface area contributed by atoms with Crippen LogP contribution in [0.15, 0.2) is 11.8 Å². The van der Waals surface area contributed by atoms with Crippen LogP contribution in [0.5, 0.6) is 0 Å². The van der Waals surface area contributed by atoms with E-state index in [0.717, 1.165) is 0 Å². The fourth-order valence-corrected chi connectivity index (χ4v) is 4.36. The van der Waals surface area contributed by atoms with E-state index in [1.807, 2.05) is 0 Å². The second kappa shape index (κ2) is 7.86. The molecule has 0 aliphatic carbocycles. The topological polar surface area (TPSA) is 54.0 Å². The largest absolute Gasteiger partial charge is 0.549 e. The van der Waals surface area contributed by atoms with Gasteiger partial charge in [-0.15, -0.1) is 0 Å². The van der Waals surface area contributed by atoms with Gasteiger partial charge in [0.25, 0.3) is 0 Å². The molecular weight excluding hydrogens is 356 g/mol. The van der Waals surface area contributed by atoms with Gasteiger partial charge >= 0.3 is 5.97 Å². The predicted molar refractivity (Wildman–Crippen MR) is 105 cm³/mol. The molecule has 0 saturated carbocycles. The lowest BCUT2D eigenvalue weighted by molar-refractivity contribution is -0.153. The number of cyclic esters (lactones) is 1. The third-order valence-electron chi connectivity index (χ3n) is 3.07. The molecule has 2 atom stereocenters. The van der Waals surface area contributed by atoms with Crippen LogP contribution < -0.4 is 0 Å². The van der Waals surface area contributed by atoms with E-state index in [1.54, 1.807) is 6.26 Å². The van der Waals surface area contributed by atoms with E-state index in [4.69, 9.17) is 18.0 Å². The van der Waals surface area contributed by atoms with Crippen molar-refractivity contribution in [2.45, 2.75) is 77.6 Å². The van der Waals surface area contributed by atoms with Crippen molar-refractivity contribution in [3.05, 3.63) is 11.8 Å². The highest BCUT2D eigenvalue weighted by molar-refractivity contribution is 6.70. The van der Waals surface area contributed by atoms with E-state index in [9.17, 15) is 4.79 Å². The normalized spacial score (nSPS) is 24.9. The van der Waals surface area contributed by atoms with E-state index in [-0.39, 0.29) is 18.2 Å². The zero-order valence-electron chi connectivity index (χ0n) is 16.7. The van der Waals surface area contributed by atoms with Gasteiger partial charge in [0, 0.05) is 6.42 Å². The van der Waals surface area contributed by atoms with Crippen molar-refractivity contribution in [2.75, 3.05) is 6.61 Å². The molecule has 0 aromatic rings. The van der Waals surface area contributed by atoms with Gasteiger partial charge in [-0.3, -0.25) is 0 Å². The first kappa shape index (κ1) is 21.6. The molecule has 1 aliphatic rings. The summed E-state index contributed by atoms with van der Waals surface area (Å²) >= 11 is 0. The highest BCUT2D eigenvalue weighted by Gasteiger charge is 2.38. The summed E-state index contributed by atoms with van der Waals surface area (Å²) in [6.07, 6.45) is 1.68. The molecule has 0 amide bonds. The highest BCUT2D eigenvalue weighted by atomic mass is 28.4. The predicted octanol–water partition coefficient (Wildman–Crippen LogP) is 4.11. The van der Waals surface area contributed by atoms with Crippen molar-refractivity contribution in [3.63, 3.8) is 0 Å². The molecule has 1 fully saturated rings. The molecule has 140 valence electrons. The van der Waals surface area contributed by atoms with Gasteiger partial charge < -0.3 is 18.0 Å². The molecule has 0 N–H and O–H groups in total. The maximum absolute atomic E-state index is 12.5. The fraction of sp³-hybridized carbons (Fsp3) is 0.812. The Morgan fingerprint density at radius 1 is 1.00 bits per heavy atom. The minimum atomic E-state index is -1.81. The fourth-order valence-electron chi connectivity index (χ4n) is 2.11. The standard InChI is InChI=1S/C16H34O5Si3/c1-22(2,3)18-11-13-10-15(21-24(7,8)9)14(16(17)20-13)12-19-23(4,5)6/h12-13,15H,10-11H2,1-9H3/b14-12+/t13-,15-/m0/s1. The first-order valence-electron chi connectivity index (χ1n) is 8.57. The molecule has 1 heterocycles. The SMILES string of the molecule is C[Si](C)(C)O/C=C1/C(=O)O[C@H](CO[Si](C)(C)C)C[C@@H]1O[Si](C)(C)C. The molecule has 0 radical (unpaired) electrons. The van der Waals surface area contributed by atoms with Crippen LogP contribution in [-0.4, -0.2) is 49.7 Å². The smallest absolute Gasteiger partial charge is 0.340 e. The van der Waals surface area contributed by atoms with Crippen LogP contribution in [0.3, 0.4) is 0 Å². The lowest BCUT2D eigenvalue weighted by atomic mass is 10.0. The molecule has 1 saturated heterocycles. The number of esters is 1. The van der Waals surface area contributed by atoms with E-state index < -0.39 is 25.0 Å². The maximum atomic E-state index is 12.5. The van der Waals surface area contributed by atoms with Crippen LogP contribution in [0.4, 0.5) is 0 Å². The van der Waals surface area contributed by atoms with Gasteiger partial charge in [-0.1, -0.05) is 0 Å². The quantitative estimate of drug-likeness (QED) is 0.283. The van der Waals surface area contributed by atoms with Crippen LogP contribution in [0, 0.1) is 0 Å². The number of hydrogen-bond donors (Lipinski definition) is 0. The van der Waals surface area contributed by atoms with E-state index in [2.05, 4.69) is 58.9 Å². The van der Waals surface area contributed by atoms with E-state index in [1.165, 1.54) is 0 Å².